The van der Waals surface area contributed by atoms with Gasteiger partial charge >= 0.3 is 6.18 Å². The zero-order valence-corrected chi connectivity index (χ0v) is 6.72. The molecule has 0 saturated carbocycles. The Morgan fingerprint density at radius 3 is 2.67 bits per heavy atom. The van der Waals surface area contributed by atoms with Gasteiger partial charge in [-0.1, -0.05) is 0 Å². The maximum Gasteiger partial charge on any atom is 0.443 e. The molecular weight excluding hydrogens is 189 g/mol. The van der Waals surface area contributed by atoms with Crippen LogP contribution in [0.5, 0.6) is 0 Å². The van der Waals surface area contributed by atoms with E-state index in [9.17, 15) is 13.2 Å². The number of nitrogens with one attached hydrogen (secondary N) is 1. The maximum absolute atomic E-state index is 12.1. The first-order valence-corrected chi connectivity index (χ1v) is 4.15. The van der Waals surface area contributed by atoms with Crippen molar-refractivity contribution >= 4 is 11.3 Å². The van der Waals surface area contributed by atoms with Crippen molar-refractivity contribution in [3.05, 3.63) is 15.6 Å². The van der Waals surface area contributed by atoms with E-state index in [4.69, 9.17) is 0 Å². The quantitative estimate of drug-likeness (QED) is 0.680. The molecule has 1 aromatic heterocycles. The van der Waals surface area contributed by atoms with Crippen LogP contribution in [0.1, 0.15) is 15.6 Å². The summed E-state index contributed by atoms with van der Waals surface area (Å²) in [4.78, 5) is 4.20. The lowest BCUT2D eigenvalue weighted by molar-refractivity contribution is -0.137. The van der Waals surface area contributed by atoms with Gasteiger partial charge in [-0.15, -0.1) is 11.3 Å². The third-order valence-corrected chi connectivity index (χ3v) is 2.74. The fourth-order valence-corrected chi connectivity index (χ4v) is 1.99. The van der Waals surface area contributed by atoms with Gasteiger partial charge in [-0.05, 0) is 0 Å². The van der Waals surface area contributed by atoms with Gasteiger partial charge in [-0.3, -0.25) is 0 Å². The van der Waals surface area contributed by atoms with Crippen molar-refractivity contribution in [2.24, 2.45) is 0 Å². The molecule has 2 nitrogen and oxygen atoms in total. The summed E-state index contributed by atoms with van der Waals surface area (Å²) in [6, 6.07) is 0. The lowest BCUT2D eigenvalue weighted by Crippen LogP contribution is -2.07. The lowest BCUT2D eigenvalue weighted by Gasteiger charge is -1.99. The smallest absolute Gasteiger partial charge is 0.306 e. The highest BCUT2D eigenvalue weighted by Gasteiger charge is 2.36. The molecule has 6 heteroatoms. The van der Waals surface area contributed by atoms with E-state index >= 15 is 0 Å². The lowest BCUT2D eigenvalue weighted by atomic mass is 10.4. The first kappa shape index (κ1) is 8.00. The standard InChI is InChI=1S/C6H5F3N2S/c7-6(8,9)5-11-3-1-10-2-4(3)12-5/h10H,1-2H2. The van der Waals surface area contributed by atoms with Crippen molar-refractivity contribution in [1.82, 2.24) is 10.3 Å². The Bertz CT molecular complexity index is 283. The highest BCUT2D eigenvalue weighted by Crippen LogP contribution is 2.35. The third kappa shape index (κ3) is 1.21. The number of nitrogens with zero attached hydrogens (tertiary/aromatic N) is 1. The first-order valence-electron chi connectivity index (χ1n) is 3.34. The number of thiazole rings is 1. The number of hydrogen-bond donors (Lipinski definition) is 1. The molecule has 0 saturated heterocycles. The van der Waals surface area contributed by atoms with Gasteiger partial charge in [0.25, 0.3) is 0 Å². The van der Waals surface area contributed by atoms with Crippen molar-refractivity contribution in [1.29, 1.82) is 0 Å². The molecule has 2 heterocycles. The SMILES string of the molecule is FC(F)(F)c1nc2c(s1)CNC2. The van der Waals surface area contributed by atoms with Gasteiger partial charge in [-0.2, -0.15) is 13.2 Å². The second-order valence-electron chi connectivity index (χ2n) is 2.49. The summed E-state index contributed by atoms with van der Waals surface area (Å²) in [5.74, 6) is 0. The highest BCUT2D eigenvalue weighted by molar-refractivity contribution is 7.11. The zero-order chi connectivity index (χ0) is 8.77. The van der Waals surface area contributed by atoms with Crippen LogP contribution in [0, 0.1) is 0 Å². The predicted octanol–water partition coefficient (Wildman–Crippen LogP) is 1.77. The number of fused-ring (bicyclic) bond motifs is 1. The Morgan fingerprint density at radius 2 is 2.08 bits per heavy atom. The van der Waals surface area contributed by atoms with Gasteiger partial charge in [0.1, 0.15) is 0 Å². The predicted molar refractivity (Wildman–Crippen MR) is 37.7 cm³/mol. The van der Waals surface area contributed by atoms with Crippen LogP contribution in [0.25, 0.3) is 0 Å². The molecule has 0 fully saturated rings. The van der Waals surface area contributed by atoms with Gasteiger partial charge in [-0.25, -0.2) is 4.98 Å². The molecule has 0 aromatic carbocycles. The van der Waals surface area contributed by atoms with Crippen LogP contribution in [-0.2, 0) is 19.3 Å². The van der Waals surface area contributed by atoms with E-state index in [0.29, 0.717) is 23.7 Å². The van der Waals surface area contributed by atoms with Crippen LogP contribution in [0.2, 0.25) is 0 Å². The second-order valence-corrected chi connectivity index (χ2v) is 3.57. The summed E-state index contributed by atoms with van der Waals surface area (Å²) in [7, 11) is 0. The number of alkyl halides is 3. The average molecular weight is 194 g/mol. The van der Waals surface area contributed by atoms with Gasteiger partial charge in [0.15, 0.2) is 5.01 Å². The van der Waals surface area contributed by atoms with E-state index in [1.807, 2.05) is 0 Å². The van der Waals surface area contributed by atoms with Crippen molar-refractivity contribution in [3.63, 3.8) is 0 Å². The van der Waals surface area contributed by atoms with Crippen molar-refractivity contribution in [2.45, 2.75) is 19.3 Å². The molecule has 0 bridgehead atoms. The van der Waals surface area contributed by atoms with Crippen LogP contribution in [0.4, 0.5) is 13.2 Å². The first-order chi connectivity index (χ1) is 5.57. The fraction of sp³-hybridized carbons (Fsp3) is 0.500. The molecule has 0 atom stereocenters. The Kier molecular flexibility index (Phi) is 1.62. The van der Waals surface area contributed by atoms with Crippen molar-refractivity contribution < 1.29 is 13.2 Å². The highest BCUT2D eigenvalue weighted by atomic mass is 32.1. The molecule has 12 heavy (non-hydrogen) atoms. The monoisotopic (exact) mass is 194 g/mol. The van der Waals surface area contributed by atoms with E-state index in [0.717, 1.165) is 11.3 Å². The normalized spacial score (nSPS) is 16.6. The zero-order valence-electron chi connectivity index (χ0n) is 5.90. The Balaban J connectivity index is 2.38. The van der Waals surface area contributed by atoms with Crippen LogP contribution < -0.4 is 5.32 Å². The molecule has 1 aromatic rings. The number of rotatable bonds is 0. The topological polar surface area (TPSA) is 24.9 Å². The van der Waals surface area contributed by atoms with Gasteiger partial charge in [0.2, 0.25) is 0 Å². The molecule has 1 aliphatic heterocycles. The van der Waals surface area contributed by atoms with Crippen LogP contribution >= 0.6 is 11.3 Å². The van der Waals surface area contributed by atoms with Crippen LogP contribution in [-0.4, -0.2) is 4.98 Å². The number of hydrogen-bond acceptors (Lipinski definition) is 3. The minimum atomic E-state index is -4.28. The molecular formula is C6H5F3N2S. The molecule has 0 amide bonds. The Labute approximate surface area is 70.4 Å². The van der Waals surface area contributed by atoms with Gasteiger partial charge in [0.05, 0.1) is 5.69 Å². The van der Waals surface area contributed by atoms with Crippen molar-refractivity contribution in [3.8, 4) is 0 Å². The summed E-state index contributed by atoms with van der Waals surface area (Å²) >= 11 is 0.730. The van der Waals surface area contributed by atoms with Gasteiger partial charge < -0.3 is 5.32 Å². The average Bonchev–Trinajstić information content (AvgIpc) is 2.37. The summed E-state index contributed by atoms with van der Waals surface area (Å²) in [5.41, 5.74) is 0.548. The molecule has 0 unspecified atom stereocenters. The number of halogens is 3. The van der Waals surface area contributed by atoms with E-state index in [2.05, 4.69) is 10.3 Å². The second kappa shape index (κ2) is 2.43. The molecule has 2 rings (SSSR count). The van der Waals surface area contributed by atoms with E-state index in [-0.39, 0.29) is 0 Å². The van der Waals surface area contributed by atoms with E-state index in [1.165, 1.54) is 0 Å². The molecule has 1 N–H and O–H groups in total. The largest absolute Gasteiger partial charge is 0.443 e. The summed E-state index contributed by atoms with van der Waals surface area (Å²) in [6.45, 7) is 0.977. The maximum atomic E-state index is 12.1. The van der Waals surface area contributed by atoms with Crippen LogP contribution in [0.15, 0.2) is 0 Å². The van der Waals surface area contributed by atoms with E-state index in [1.54, 1.807) is 0 Å². The summed E-state index contributed by atoms with van der Waals surface area (Å²) < 4.78 is 36.2. The molecule has 66 valence electrons. The van der Waals surface area contributed by atoms with Gasteiger partial charge in [0, 0.05) is 18.0 Å². The molecule has 0 spiro atoms. The van der Waals surface area contributed by atoms with Crippen LogP contribution in [0.3, 0.4) is 0 Å². The van der Waals surface area contributed by atoms with Crippen molar-refractivity contribution in [2.75, 3.05) is 0 Å². The molecule has 1 aliphatic rings. The molecule has 0 radical (unpaired) electrons. The minimum Gasteiger partial charge on any atom is -0.306 e. The Morgan fingerprint density at radius 1 is 1.33 bits per heavy atom. The Hall–Kier alpha value is -0.620. The minimum absolute atomic E-state index is 0.460. The summed E-state index contributed by atoms with van der Waals surface area (Å²) in [6.07, 6.45) is -4.28. The number of aromatic nitrogens is 1. The molecule has 0 aliphatic carbocycles. The fourth-order valence-electron chi connectivity index (χ4n) is 1.08. The third-order valence-electron chi connectivity index (χ3n) is 1.60. The van der Waals surface area contributed by atoms with E-state index < -0.39 is 11.2 Å². The summed E-state index contributed by atoms with van der Waals surface area (Å²) in [5, 5.41) is 2.20.